The van der Waals surface area contributed by atoms with Gasteiger partial charge in [-0.25, -0.2) is 9.18 Å². The molecule has 0 unspecified atom stereocenters. The fourth-order valence-corrected chi connectivity index (χ4v) is 1.22. The molecule has 0 aliphatic heterocycles. The minimum atomic E-state index is -4.57. The van der Waals surface area contributed by atoms with Crippen LogP contribution in [0.2, 0.25) is 0 Å². The van der Waals surface area contributed by atoms with Crippen LogP contribution >= 0.6 is 0 Å². The molecule has 0 atom stereocenters. The summed E-state index contributed by atoms with van der Waals surface area (Å²) in [5, 5.41) is 0. The van der Waals surface area contributed by atoms with Crippen LogP contribution in [-0.4, -0.2) is 12.6 Å². The first kappa shape index (κ1) is 15.1. The number of esters is 1. The van der Waals surface area contributed by atoms with Crippen LogP contribution in [0.25, 0.3) is 5.83 Å². The van der Waals surface area contributed by atoms with E-state index in [1.54, 1.807) is 0 Å². The Morgan fingerprint density at radius 1 is 1.16 bits per heavy atom. The fraction of sp³-hybridized carbons (Fsp3) is 0.250. The van der Waals surface area contributed by atoms with E-state index in [4.69, 9.17) is 0 Å². The lowest BCUT2D eigenvalue weighted by Gasteiger charge is -2.07. The van der Waals surface area contributed by atoms with Crippen molar-refractivity contribution in [1.29, 1.82) is 0 Å². The summed E-state index contributed by atoms with van der Waals surface area (Å²) < 4.78 is 67.7. The van der Waals surface area contributed by atoms with E-state index in [1.807, 2.05) is 0 Å². The van der Waals surface area contributed by atoms with Crippen LogP contribution in [0.15, 0.2) is 30.1 Å². The predicted octanol–water partition coefficient (Wildman–Crippen LogP) is 3.88. The van der Waals surface area contributed by atoms with E-state index in [2.05, 4.69) is 4.74 Å². The highest BCUT2D eigenvalue weighted by atomic mass is 19.4. The Morgan fingerprint density at radius 3 is 2.11 bits per heavy atom. The molecule has 7 heteroatoms. The summed E-state index contributed by atoms with van der Waals surface area (Å²) in [6.45, 7) is 1.26. The SMILES string of the molecule is CCOC(=O)C(F)=C(F)c1ccc(C(F)(F)F)cc1. The first-order valence-corrected chi connectivity index (χ1v) is 5.17. The van der Waals surface area contributed by atoms with Gasteiger partial charge in [-0.2, -0.15) is 17.6 Å². The zero-order valence-electron chi connectivity index (χ0n) is 9.72. The van der Waals surface area contributed by atoms with Crippen LogP contribution < -0.4 is 0 Å². The predicted molar refractivity (Wildman–Crippen MR) is 57.2 cm³/mol. The lowest BCUT2D eigenvalue weighted by Crippen LogP contribution is -2.06. The molecule has 1 rings (SSSR count). The summed E-state index contributed by atoms with van der Waals surface area (Å²) in [6, 6.07) is 2.65. The number of halogens is 5. The van der Waals surface area contributed by atoms with Crippen LogP contribution in [0.1, 0.15) is 18.1 Å². The Balaban J connectivity index is 3.04. The van der Waals surface area contributed by atoms with Gasteiger partial charge in [0.1, 0.15) is 0 Å². The molecule has 0 aromatic heterocycles. The standard InChI is InChI=1S/C12H9F5O2/c1-2-19-11(18)10(14)9(13)7-3-5-8(6-4-7)12(15,16)17/h3-6H,2H2,1H3. The van der Waals surface area contributed by atoms with Crippen LogP contribution in [-0.2, 0) is 15.7 Å². The van der Waals surface area contributed by atoms with Crippen molar-refractivity contribution in [3.63, 3.8) is 0 Å². The van der Waals surface area contributed by atoms with Crippen LogP contribution in [0.5, 0.6) is 0 Å². The molecule has 0 aliphatic carbocycles. The Bertz CT molecular complexity index is 488. The van der Waals surface area contributed by atoms with Gasteiger partial charge in [0.2, 0.25) is 5.83 Å². The first-order chi connectivity index (χ1) is 8.77. The van der Waals surface area contributed by atoms with Crippen molar-refractivity contribution in [3.05, 3.63) is 41.2 Å². The topological polar surface area (TPSA) is 26.3 Å². The summed E-state index contributed by atoms with van der Waals surface area (Å²) in [7, 11) is 0. The Labute approximate surface area is 105 Å². The van der Waals surface area contributed by atoms with Crippen molar-refractivity contribution in [1.82, 2.24) is 0 Å². The molecule has 0 amide bonds. The molecule has 0 fully saturated rings. The normalized spacial score (nSPS) is 12.9. The highest BCUT2D eigenvalue weighted by molar-refractivity contribution is 5.93. The van der Waals surface area contributed by atoms with Gasteiger partial charge in [-0.1, -0.05) is 12.1 Å². The van der Waals surface area contributed by atoms with E-state index in [0.717, 1.165) is 12.1 Å². The lowest BCUT2D eigenvalue weighted by atomic mass is 10.1. The maximum absolute atomic E-state index is 13.5. The maximum Gasteiger partial charge on any atom is 0.416 e. The Kier molecular flexibility index (Phi) is 4.63. The van der Waals surface area contributed by atoms with Crippen molar-refractivity contribution in [2.75, 3.05) is 6.61 Å². The molecule has 0 bridgehead atoms. The van der Waals surface area contributed by atoms with E-state index >= 15 is 0 Å². The molecule has 1 aromatic rings. The highest BCUT2D eigenvalue weighted by Crippen LogP contribution is 2.31. The number of hydrogen-bond acceptors (Lipinski definition) is 2. The summed E-state index contributed by atoms with van der Waals surface area (Å²) in [6.07, 6.45) is -4.57. The van der Waals surface area contributed by atoms with Gasteiger partial charge in [-0.05, 0) is 19.1 Å². The second-order valence-electron chi connectivity index (χ2n) is 3.42. The van der Waals surface area contributed by atoms with Crippen LogP contribution in [0.3, 0.4) is 0 Å². The first-order valence-electron chi connectivity index (χ1n) is 5.17. The number of hydrogen-bond donors (Lipinski definition) is 0. The number of alkyl halides is 3. The maximum atomic E-state index is 13.5. The van der Waals surface area contributed by atoms with Gasteiger partial charge in [0.25, 0.3) is 0 Å². The van der Waals surface area contributed by atoms with Gasteiger partial charge in [-0.3, -0.25) is 0 Å². The number of carbonyl (C=O) groups excluding carboxylic acids is 1. The molecular weight excluding hydrogens is 271 g/mol. The zero-order valence-corrected chi connectivity index (χ0v) is 9.72. The third-order valence-corrected chi connectivity index (χ3v) is 2.11. The molecule has 0 saturated heterocycles. The summed E-state index contributed by atoms with van der Waals surface area (Å²) in [5.41, 5.74) is -1.47. The molecule has 0 aliphatic rings. The van der Waals surface area contributed by atoms with Gasteiger partial charge in [0, 0.05) is 5.56 Å². The molecule has 104 valence electrons. The lowest BCUT2D eigenvalue weighted by molar-refractivity contribution is -0.140. The monoisotopic (exact) mass is 280 g/mol. The van der Waals surface area contributed by atoms with Crippen LogP contribution in [0, 0.1) is 0 Å². The van der Waals surface area contributed by atoms with E-state index in [0.29, 0.717) is 12.1 Å². The minimum absolute atomic E-state index is 0.146. The van der Waals surface area contributed by atoms with E-state index < -0.39 is 34.9 Å². The van der Waals surface area contributed by atoms with Crippen molar-refractivity contribution in [2.45, 2.75) is 13.1 Å². The number of benzene rings is 1. The van der Waals surface area contributed by atoms with Crippen LogP contribution in [0.4, 0.5) is 22.0 Å². The smallest absolute Gasteiger partial charge is 0.416 e. The second-order valence-corrected chi connectivity index (χ2v) is 3.42. The highest BCUT2D eigenvalue weighted by Gasteiger charge is 2.30. The average molecular weight is 280 g/mol. The third-order valence-electron chi connectivity index (χ3n) is 2.11. The summed E-state index contributed by atoms with van der Waals surface area (Å²) in [4.78, 5) is 10.9. The molecule has 0 N–H and O–H groups in total. The molecule has 1 aromatic carbocycles. The van der Waals surface area contributed by atoms with Crippen molar-refractivity contribution in [3.8, 4) is 0 Å². The van der Waals surface area contributed by atoms with E-state index in [9.17, 15) is 26.7 Å². The van der Waals surface area contributed by atoms with Gasteiger partial charge < -0.3 is 4.74 Å². The van der Waals surface area contributed by atoms with Gasteiger partial charge >= 0.3 is 12.1 Å². The van der Waals surface area contributed by atoms with E-state index in [1.165, 1.54) is 6.92 Å². The summed E-state index contributed by atoms with van der Waals surface area (Å²) in [5.74, 6) is -4.84. The third kappa shape index (κ3) is 3.77. The molecule has 0 saturated carbocycles. The molecule has 2 nitrogen and oxygen atoms in total. The Hall–Kier alpha value is -1.92. The van der Waals surface area contributed by atoms with Crippen molar-refractivity contribution < 1.29 is 31.5 Å². The van der Waals surface area contributed by atoms with Crippen molar-refractivity contribution >= 4 is 11.8 Å². The number of ether oxygens (including phenoxy) is 1. The fourth-order valence-electron chi connectivity index (χ4n) is 1.22. The quantitative estimate of drug-likeness (QED) is 0.477. The molecule has 19 heavy (non-hydrogen) atoms. The van der Waals surface area contributed by atoms with E-state index in [-0.39, 0.29) is 6.61 Å². The molecule has 0 radical (unpaired) electrons. The average Bonchev–Trinajstić information content (AvgIpc) is 2.36. The summed E-state index contributed by atoms with van der Waals surface area (Å²) >= 11 is 0. The number of rotatable bonds is 3. The zero-order chi connectivity index (χ0) is 14.6. The molecular formula is C12H9F5O2. The molecule has 0 spiro atoms. The largest absolute Gasteiger partial charge is 0.461 e. The van der Waals surface area contributed by atoms with Gasteiger partial charge in [-0.15, -0.1) is 0 Å². The van der Waals surface area contributed by atoms with Gasteiger partial charge in [0.15, 0.2) is 5.83 Å². The Morgan fingerprint density at radius 2 is 1.68 bits per heavy atom. The second kappa shape index (κ2) is 5.81. The molecule has 0 heterocycles. The van der Waals surface area contributed by atoms with Gasteiger partial charge in [0.05, 0.1) is 12.2 Å². The van der Waals surface area contributed by atoms with Crippen molar-refractivity contribution in [2.24, 2.45) is 0 Å². The minimum Gasteiger partial charge on any atom is -0.461 e. The number of carbonyl (C=O) groups is 1.